The molecule has 2 heteroatoms. The second-order valence-electron chi connectivity index (χ2n) is 5.39. The summed E-state index contributed by atoms with van der Waals surface area (Å²) in [6.45, 7) is 0. The fourth-order valence-electron chi connectivity index (χ4n) is 3.27. The molecular weight excluding hydrogens is 256 g/mol. The van der Waals surface area contributed by atoms with Crippen LogP contribution in [0.2, 0.25) is 0 Å². The number of hydrogen-bond acceptors (Lipinski definition) is 1. The average molecular weight is 268 g/mol. The number of fused-ring (bicyclic) bond motifs is 7. The lowest BCUT2D eigenvalue weighted by Crippen LogP contribution is -1.82. The van der Waals surface area contributed by atoms with Crippen molar-refractivity contribution in [2.45, 2.75) is 0 Å². The van der Waals surface area contributed by atoms with Crippen molar-refractivity contribution in [2.75, 3.05) is 0 Å². The lowest BCUT2D eigenvalue weighted by Gasteiger charge is -2.04. The van der Waals surface area contributed by atoms with Crippen LogP contribution >= 0.6 is 0 Å². The van der Waals surface area contributed by atoms with Gasteiger partial charge in [0.25, 0.3) is 0 Å². The molecule has 0 aliphatic heterocycles. The van der Waals surface area contributed by atoms with Crippen molar-refractivity contribution < 1.29 is 0 Å². The van der Waals surface area contributed by atoms with Gasteiger partial charge in [-0.1, -0.05) is 48.5 Å². The highest BCUT2D eigenvalue weighted by molar-refractivity contribution is 6.21. The van der Waals surface area contributed by atoms with E-state index in [0.717, 1.165) is 5.52 Å². The Labute approximate surface area is 121 Å². The number of pyridine rings is 1. The van der Waals surface area contributed by atoms with Gasteiger partial charge in [-0.2, -0.15) is 0 Å². The Balaban J connectivity index is 2.07. The molecule has 2 aromatic heterocycles. The predicted molar refractivity (Wildman–Crippen MR) is 88.6 cm³/mol. The van der Waals surface area contributed by atoms with Crippen molar-refractivity contribution in [3.05, 3.63) is 66.9 Å². The zero-order chi connectivity index (χ0) is 13.8. The second kappa shape index (κ2) is 3.83. The number of H-pyrrole nitrogens is 1. The van der Waals surface area contributed by atoms with Crippen molar-refractivity contribution >= 4 is 43.5 Å². The summed E-state index contributed by atoms with van der Waals surface area (Å²) in [5.41, 5.74) is 3.44. The zero-order valence-corrected chi connectivity index (χ0v) is 11.3. The summed E-state index contributed by atoms with van der Waals surface area (Å²) in [7, 11) is 0. The minimum atomic E-state index is 1.07. The molecule has 3 aromatic carbocycles. The number of benzene rings is 3. The first kappa shape index (κ1) is 10.9. The minimum Gasteiger partial charge on any atom is -0.354 e. The summed E-state index contributed by atoms with van der Waals surface area (Å²) in [5.74, 6) is 0. The molecule has 0 saturated carbocycles. The smallest absolute Gasteiger partial charge is 0.0781 e. The Kier molecular flexibility index (Phi) is 1.98. The Morgan fingerprint density at radius 1 is 0.667 bits per heavy atom. The molecule has 0 unspecified atom stereocenters. The Bertz CT molecular complexity index is 1140. The SMILES string of the molecule is c1cnc2c(c1)ccc1c2ccc2c3ccccc3[nH]c21. The van der Waals surface area contributed by atoms with Gasteiger partial charge in [0.1, 0.15) is 0 Å². The van der Waals surface area contributed by atoms with Crippen LogP contribution in [0.5, 0.6) is 0 Å². The standard InChI is InChI=1S/C19H12N2/c1-2-6-17-13(5-1)14-9-10-15-16(19(14)21-17)8-7-12-4-3-11-20-18(12)15/h1-11,21H. The Hall–Kier alpha value is -2.87. The summed E-state index contributed by atoms with van der Waals surface area (Å²) >= 11 is 0. The zero-order valence-electron chi connectivity index (χ0n) is 11.3. The van der Waals surface area contributed by atoms with E-state index in [1.54, 1.807) is 0 Å². The Morgan fingerprint density at radius 2 is 1.48 bits per heavy atom. The van der Waals surface area contributed by atoms with E-state index in [9.17, 15) is 0 Å². The predicted octanol–water partition coefficient (Wildman–Crippen LogP) is 5.02. The van der Waals surface area contributed by atoms with Gasteiger partial charge >= 0.3 is 0 Å². The fraction of sp³-hybridized carbons (Fsp3) is 0. The number of para-hydroxylation sites is 1. The largest absolute Gasteiger partial charge is 0.354 e. The molecule has 0 saturated heterocycles. The van der Waals surface area contributed by atoms with Crippen molar-refractivity contribution in [3.63, 3.8) is 0 Å². The first-order valence-electron chi connectivity index (χ1n) is 7.09. The van der Waals surface area contributed by atoms with Gasteiger partial charge in [0.05, 0.1) is 11.0 Å². The number of aromatic amines is 1. The van der Waals surface area contributed by atoms with E-state index in [2.05, 4.69) is 64.6 Å². The third-order valence-corrected chi connectivity index (χ3v) is 4.25. The maximum atomic E-state index is 4.56. The number of nitrogens with one attached hydrogen (secondary N) is 1. The monoisotopic (exact) mass is 268 g/mol. The van der Waals surface area contributed by atoms with Crippen LogP contribution < -0.4 is 0 Å². The van der Waals surface area contributed by atoms with E-state index in [1.807, 2.05) is 12.3 Å². The van der Waals surface area contributed by atoms with E-state index in [1.165, 1.54) is 38.0 Å². The highest BCUT2D eigenvalue weighted by Gasteiger charge is 2.09. The van der Waals surface area contributed by atoms with Crippen LogP contribution in [0.1, 0.15) is 0 Å². The van der Waals surface area contributed by atoms with Crippen LogP contribution in [0.3, 0.4) is 0 Å². The molecule has 1 N–H and O–H groups in total. The third-order valence-electron chi connectivity index (χ3n) is 4.25. The lowest BCUT2D eigenvalue weighted by atomic mass is 10.0. The highest BCUT2D eigenvalue weighted by atomic mass is 14.7. The van der Waals surface area contributed by atoms with E-state index in [-0.39, 0.29) is 0 Å². The van der Waals surface area contributed by atoms with Crippen molar-refractivity contribution in [2.24, 2.45) is 0 Å². The quantitative estimate of drug-likeness (QED) is 0.392. The van der Waals surface area contributed by atoms with E-state index in [0.29, 0.717) is 0 Å². The maximum absolute atomic E-state index is 4.56. The first-order valence-corrected chi connectivity index (χ1v) is 7.09. The first-order chi connectivity index (χ1) is 10.4. The molecule has 2 nitrogen and oxygen atoms in total. The van der Waals surface area contributed by atoms with Gasteiger partial charge < -0.3 is 4.98 Å². The number of nitrogens with zero attached hydrogens (tertiary/aromatic N) is 1. The minimum absolute atomic E-state index is 1.07. The van der Waals surface area contributed by atoms with Crippen LogP contribution in [0.4, 0.5) is 0 Å². The molecule has 0 amide bonds. The Morgan fingerprint density at radius 3 is 2.48 bits per heavy atom. The van der Waals surface area contributed by atoms with Gasteiger partial charge in [0.15, 0.2) is 0 Å². The lowest BCUT2D eigenvalue weighted by molar-refractivity contribution is 1.43. The molecule has 0 radical (unpaired) electrons. The molecule has 98 valence electrons. The molecule has 0 aliphatic rings. The van der Waals surface area contributed by atoms with E-state index >= 15 is 0 Å². The van der Waals surface area contributed by atoms with Crippen molar-refractivity contribution in [1.82, 2.24) is 9.97 Å². The van der Waals surface area contributed by atoms with Crippen LogP contribution in [0.15, 0.2) is 66.9 Å². The average Bonchev–Trinajstić information content (AvgIpc) is 2.93. The number of hydrogen-bond donors (Lipinski definition) is 1. The van der Waals surface area contributed by atoms with Crippen LogP contribution in [0.25, 0.3) is 43.5 Å². The molecule has 0 bridgehead atoms. The number of rotatable bonds is 0. The molecule has 21 heavy (non-hydrogen) atoms. The summed E-state index contributed by atoms with van der Waals surface area (Å²) in [6.07, 6.45) is 1.86. The molecule has 0 atom stereocenters. The van der Waals surface area contributed by atoms with Crippen molar-refractivity contribution in [1.29, 1.82) is 0 Å². The van der Waals surface area contributed by atoms with E-state index in [4.69, 9.17) is 0 Å². The fourth-order valence-corrected chi connectivity index (χ4v) is 3.27. The maximum Gasteiger partial charge on any atom is 0.0781 e. The van der Waals surface area contributed by atoms with Gasteiger partial charge in [-0.3, -0.25) is 4.98 Å². The third kappa shape index (κ3) is 1.39. The highest BCUT2D eigenvalue weighted by Crippen LogP contribution is 2.33. The van der Waals surface area contributed by atoms with E-state index < -0.39 is 0 Å². The molecule has 0 spiro atoms. The summed E-state index contributed by atoms with van der Waals surface area (Å²) < 4.78 is 0. The molecule has 5 rings (SSSR count). The molecular formula is C19H12N2. The molecule has 0 aliphatic carbocycles. The second-order valence-corrected chi connectivity index (χ2v) is 5.39. The van der Waals surface area contributed by atoms with Gasteiger partial charge in [-0.15, -0.1) is 0 Å². The molecule has 2 heterocycles. The van der Waals surface area contributed by atoms with Gasteiger partial charge in [0.2, 0.25) is 0 Å². The van der Waals surface area contributed by atoms with Gasteiger partial charge in [-0.05, 0) is 12.1 Å². The number of aromatic nitrogens is 2. The summed E-state index contributed by atoms with van der Waals surface area (Å²) in [5, 5.41) is 6.16. The molecule has 5 aromatic rings. The summed E-state index contributed by atoms with van der Waals surface area (Å²) in [4.78, 5) is 8.11. The molecule has 0 fully saturated rings. The van der Waals surface area contributed by atoms with Crippen LogP contribution in [-0.2, 0) is 0 Å². The van der Waals surface area contributed by atoms with Crippen molar-refractivity contribution in [3.8, 4) is 0 Å². The topological polar surface area (TPSA) is 28.7 Å². The summed E-state index contributed by atoms with van der Waals surface area (Å²) in [6, 6.07) is 21.3. The van der Waals surface area contributed by atoms with Crippen LogP contribution in [0, 0.1) is 0 Å². The van der Waals surface area contributed by atoms with Gasteiger partial charge in [0, 0.05) is 38.6 Å². The normalized spacial score (nSPS) is 11.8. The van der Waals surface area contributed by atoms with Crippen LogP contribution in [-0.4, -0.2) is 9.97 Å². The van der Waals surface area contributed by atoms with Gasteiger partial charge in [-0.25, -0.2) is 0 Å².